The van der Waals surface area contributed by atoms with Gasteiger partial charge in [0, 0.05) is 33.1 Å². The topological polar surface area (TPSA) is 6.48 Å². The Kier molecular flexibility index (Phi) is 8.85. The van der Waals surface area contributed by atoms with Gasteiger partial charge in [0.2, 0.25) is 0 Å². The van der Waals surface area contributed by atoms with Gasteiger partial charge >= 0.3 is 0 Å². The van der Waals surface area contributed by atoms with Crippen LogP contribution in [-0.2, 0) is 32.5 Å². The van der Waals surface area contributed by atoms with Gasteiger partial charge in [0.1, 0.15) is 0 Å². The number of fused-ring (bicyclic) bond motifs is 9. The van der Waals surface area contributed by atoms with E-state index in [1.165, 1.54) is 118 Å². The largest absolute Gasteiger partial charge is 0.311 e. The zero-order valence-electron chi connectivity index (χ0n) is 40.7. The highest BCUT2D eigenvalue weighted by molar-refractivity contribution is 7.26. The molecule has 4 aliphatic rings. The van der Waals surface area contributed by atoms with E-state index in [1.807, 2.05) is 11.3 Å². The van der Waals surface area contributed by atoms with E-state index in [0.717, 1.165) is 6.42 Å². The highest BCUT2D eigenvalue weighted by atomic mass is 32.1. The lowest BCUT2D eigenvalue weighted by Crippen LogP contribution is -2.62. The molecule has 0 saturated heterocycles. The number of nitrogens with zero attached hydrogens (tertiary/aromatic N) is 2. The maximum atomic E-state index is 2.80. The minimum atomic E-state index is -0.00354. The van der Waals surface area contributed by atoms with Crippen molar-refractivity contribution in [3.05, 3.63) is 123 Å². The molecule has 5 aromatic carbocycles. The van der Waals surface area contributed by atoms with Crippen LogP contribution in [0.2, 0.25) is 0 Å². The number of benzene rings is 5. The molecule has 6 aromatic rings. The van der Waals surface area contributed by atoms with E-state index in [-0.39, 0.29) is 39.2 Å². The molecular weight excluding hydrogens is 768 g/mol. The summed E-state index contributed by atoms with van der Waals surface area (Å²) in [5.74, 6) is 0. The van der Waals surface area contributed by atoms with Crippen molar-refractivity contribution in [1.82, 2.24) is 0 Å². The van der Waals surface area contributed by atoms with Gasteiger partial charge in [-0.1, -0.05) is 139 Å². The summed E-state index contributed by atoms with van der Waals surface area (Å²) < 4.78 is 1.36. The van der Waals surface area contributed by atoms with Crippen molar-refractivity contribution in [1.29, 1.82) is 0 Å². The molecule has 62 heavy (non-hydrogen) atoms. The SMILES string of the molecule is Cc1cc2c3c(c1)N(c1cc4c(cc1C)C(C)(C)CCC4(C)C)c1c(ccc4c1C(C)(C)CCC4(C)C)B3c1c(sc3ccc(C(C)(C)C)cc13)N2c1ccc(C(C)(C)C)cc1. The third-order valence-electron chi connectivity index (χ3n) is 16.0. The van der Waals surface area contributed by atoms with E-state index in [9.17, 15) is 0 Å². The molecule has 0 atom stereocenters. The smallest absolute Gasteiger partial charge is 0.254 e. The molecule has 4 heteroatoms. The van der Waals surface area contributed by atoms with Crippen LogP contribution in [0.3, 0.4) is 0 Å². The summed E-state index contributed by atoms with van der Waals surface area (Å²) in [5, 5.41) is 2.76. The minimum Gasteiger partial charge on any atom is -0.311 e. The lowest BCUT2D eigenvalue weighted by molar-refractivity contribution is 0.331. The van der Waals surface area contributed by atoms with E-state index in [4.69, 9.17) is 0 Å². The second-order valence-electron chi connectivity index (χ2n) is 24.5. The molecule has 10 rings (SSSR count). The lowest BCUT2D eigenvalue weighted by atomic mass is 9.33. The fraction of sp³-hybridized carbons (Fsp3) is 0.448. The Bertz CT molecular complexity index is 2850. The molecule has 0 unspecified atom stereocenters. The summed E-state index contributed by atoms with van der Waals surface area (Å²) in [6.07, 6.45) is 4.76. The van der Waals surface area contributed by atoms with Crippen LogP contribution in [0.15, 0.2) is 78.9 Å². The van der Waals surface area contributed by atoms with Crippen molar-refractivity contribution in [3.63, 3.8) is 0 Å². The summed E-state index contributed by atoms with van der Waals surface area (Å²) in [4.78, 5) is 5.44. The fourth-order valence-corrected chi connectivity index (χ4v) is 13.2. The van der Waals surface area contributed by atoms with Gasteiger partial charge in [-0.05, 0) is 175 Å². The molecule has 0 N–H and O–H groups in total. The molecule has 0 spiro atoms. The van der Waals surface area contributed by atoms with Crippen molar-refractivity contribution in [2.24, 2.45) is 0 Å². The lowest BCUT2D eigenvalue weighted by Gasteiger charge is -2.50. The molecule has 0 fully saturated rings. The highest BCUT2D eigenvalue weighted by Gasteiger charge is 2.50. The number of aryl methyl sites for hydroxylation is 2. The van der Waals surface area contributed by atoms with E-state index in [2.05, 4.69) is 199 Å². The molecule has 2 aliphatic heterocycles. The zero-order valence-corrected chi connectivity index (χ0v) is 41.5. The Hall–Kier alpha value is -4.28. The minimum absolute atomic E-state index is 0.00354. The van der Waals surface area contributed by atoms with Crippen molar-refractivity contribution >= 4 is 78.0 Å². The Morgan fingerprint density at radius 2 is 1.08 bits per heavy atom. The number of hydrogen-bond acceptors (Lipinski definition) is 3. The number of hydrogen-bond donors (Lipinski definition) is 0. The van der Waals surface area contributed by atoms with Gasteiger partial charge in [0.25, 0.3) is 6.71 Å². The molecule has 0 radical (unpaired) electrons. The Labute approximate surface area is 378 Å². The molecule has 1 aromatic heterocycles. The van der Waals surface area contributed by atoms with Crippen LogP contribution in [-0.4, -0.2) is 6.71 Å². The number of thiophene rings is 1. The van der Waals surface area contributed by atoms with Gasteiger partial charge in [-0.3, -0.25) is 0 Å². The van der Waals surface area contributed by atoms with E-state index in [1.54, 1.807) is 5.56 Å². The highest BCUT2D eigenvalue weighted by Crippen LogP contribution is 2.56. The molecule has 0 saturated carbocycles. The fourth-order valence-electron chi connectivity index (χ4n) is 11.9. The van der Waals surface area contributed by atoms with E-state index in [0.29, 0.717) is 0 Å². The second-order valence-corrected chi connectivity index (χ2v) is 25.6. The maximum Gasteiger partial charge on any atom is 0.254 e. The standard InChI is InChI=1S/C58H69BN2S/c1-34-29-45-50-46(30-34)61(44-33-42-41(31-35(44)2)56(11,12)25-26-57(42,13)14)51-43(23-22-40-48(51)58(15,16)28-27-55(40,9)10)59(50)49-39-32-37(54(6,7)8)19-24-47(39)62-52(49)60(45)38-20-17-36(18-21-38)53(3,4)5/h17-24,29-33H,25-28H2,1-16H3. The van der Waals surface area contributed by atoms with Gasteiger partial charge in [-0.2, -0.15) is 0 Å². The predicted molar refractivity (Wildman–Crippen MR) is 273 cm³/mol. The molecule has 2 nitrogen and oxygen atoms in total. The molecular formula is C58H69BN2S. The van der Waals surface area contributed by atoms with Crippen molar-refractivity contribution < 1.29 is 0 Å². The van der Waals surface area contributed by atoms with Crippen LogP contribution < -0.4 is 26.2 Å². The first-order valence-corrected chi connectivity index (χ1v) is 24.4. The molecule has 3 heterocycles. The monoisotopic (exact) mass is 837 g/mol. The van der Waals surface area contributed by atoms with Crippen LogP contribution in [0.1, 0.15) is 167 Å². The van der Waals surface area contributed by atoms with Gasteiger partial charge in [-0.25, -0.2) is 0 Å². The van der Waals surface area contributed by atoms with Gasteiger partial charge in [-0.15, -0.1) is 11.3 Å². The normalized spacial score (nSPS) is 19.1. The Morgan fingerprint density at radius 3 is 1.69 bits per heavy atom. The van der Waals surface area contributed by atoms with Crippen LogP contribution in [0.5, 0.6) is 0 Å². The number of anilines is 6. The van der Waals surface area contributed by atoms with Crippen molar-refractivity contribution in [2.75, 3.05) is 9.80 Å². The van der Waals surface area contributed by atoms with Crippen LogP contribution in [0, 0.1) is 13.8 Å². The van der Waals surface area contributed by atoms with Gasteiger partial charge < -0.3 is 9.80 Å². The van der Waals surface area contributed by atoms with Crippen LogP contribution in [0.4, 0.5) is 33.4 Å². The van der Waals surface area contributed by atoms with Gasteiger partial charge in [0.05, 0.1) is 5.00 Å². The second kappa shape index (κ2) is 13.2. The quantitative estimate of drug-likeness (QED) is 0.160. The third kappa shape index (κ3) is 6.08. The average molecular weight is 837 g/mol. The summed E-state index contributed by atoms with van der Waals surface area (Å²) in [5.41, 5.74) is 22.9. The third-order valence-corrected chi connectivity index (χ3v) is 17.2. The zero-order chi connectivity index (χ0) is 44.4. The Balaban J connectivity index is 1.37. The summed E-state index contributed by atoms with van der Waals surface area (Å²) >= 11 is 1.98. The van der Waals surface area contributed by atoms with E-state index < -0.39 is 0 Å². The first kappa shape index (κ1) is 41.7. The summed E-state index contributed by atoms with van der Waals surface area (Å²) in [6, 6.07) is 32.3. The van der Waals surface area contributed by atoms with Gasteiger partial charge in [0.15, 0.2) is 0 Å². The van der Waals surface area contributed by atoms with Crippen LogP contribution >= 0.6 is 11.3 Å². The van der Waals surface area contributed by atoms with E-state index >= 15 is 0 Å². The Morgan fingerprint density at radius 1 is 0.532 bits per heavy atom. The average Bonchev–Trinajstić information content (AvgIpc) is 3.56. The van der Waals surface area contributed by atoms with Crippen LogP contribution in [0.25, 0.3) is 10.1 Å². The summed E-state index contributed by atoms with van der Waals surface area (Å²) in [6.45, 7) is 38.8. The molecule has 320 valence electrons. The maximum absolute atomic E-state index is 2.80. The predicted octanol–water partition coefficient (Wildman–Crippen LogP) is 14.9. The number of rotatable bonds is 2. The molecule has 0 amide bonds. The first-order chi connectivity index (χ1) is 28.8. The molecule has 0 bridgehead atoms. The first-order valence-electron chi connectivity index (χ1n) is 23.6. The van der Waals surface area contributed by atoms with Crippen molar-refractivity contribution in [3.8, 4) is 0 Å². The summed E-state index contributed by atoms with van der Waals surface area (Å²) in [7, 11) is 0. The molecule has 2 aliphatic carbocycles. The van der Waals surface area contributed by atoms with Crippen molar-refractivity contribution in [2.45, 2.75) is 169 Å².